The summed E-state index contributed by atoms with van der Waals surface area (Å²) in [4.78, 5) is 0. The number of fused-ring (bicyclic) bond motifs is 2. The third-order valence-electron chi connectivity index (χ3n) is 4.78. The lowest BCUT2D eigenvalue weighted by molar-refractivity contribution is 0.0876. The van der Waals surface area contributed by atoms with Gasteiger partial charge in [0.15, 0.2) is 0 Å². The Morgan fingerprint density at radius 2 is 1.37 bits per heavy atom. The topological polar surface area (TPSA) is 9.23 Å². The van der Waals surface area contributed by atoms with Crippen LogP contribution in [-0.2, 0) is 23.8 Å². The van der Waals surface area contributed by atoms with E-state index < -0.39 is 0 Å². The highest BCUT2D eigenvalue weighted by Gasteiger charge is 2.49. The van der Waals surface area contributed by atoms with E-state index in [0.717, 1.165) is 19.3 Å². The summed E-state index contributed by atoms with van der Waals surface area (Å²) in [5.74, 6) is 0. The Balaban J connectivity index is 1.79. The van der Waals surface area contributed by atoms with Crippen LogP contribution in [0.4, 0.5) is 0 Å². The number of hydrogen-bond acceptors (Lipinski definition) is 1. The zero-order valence-electron chi connectivity index (χ0n) is 10.8. The van der Waals surface area contributed by atoms with E-state index in [1.165, 1.54) is 22.3 Å². The number of rotatable bonds is 1. The van der Waals surface area contributed by atoms with Crippen molar-refractivity contribution in [2.75, 3.05) is 0 Å². The van der Waals surface area contributed by atoms with Crippen LogP contribution in [0.2, 0.25) is 0 Å². The van der Waals surface area contributed by atoms with Gasteiger partial charge in [-0.2, -0.15) is 0 Å². The third kappa shape index (κ3) is 1.62. The lowest BCUT2D eigenvalue weighted by Crippen LogP contribution is -2.27. The largest absolute Gasteiger partial charge is 0.357 e. The van der Waals surface area contributed by atoms with Crippen LogP contribution in [0.15, 0.2) is 48.5 Å². The average Bonchev–Trinajstić information content (AvgIpc) is 2.94. The van der Waals surface area contributed by atoms with Gasteiger partial charge in [0.25, 0.3) is 0 Å². The second-order valence-corrected chi connectivity index (χ2v) is 6.15. The van der Waals surface area contributed by atoms with E-state index in [1.54, 1.807) is 0 Å². The highest BCUT2D eigenvalue weighted by Crippen LogP contribution is 2.55. The van der Waals surface area contributed by atoms with Crippen molar-refractivity contribution in [1.29, 1.82) is 0 Å². The number of benzene rings is 2. The summed E-state index contributed by atoms with van der Waals surface area (Å²) in [6.07, 6.45) is 3.62. The van der Waals surface area contributed by atoms with Crippen molar-refractivity contribution >= 4 is 9.47 Å². The van der Waals surface area contributed by atoms with Crippen molar-refractivity contribution in [3.05, 3.63) is 70.8 Å². The van der Waals surface area contributed by atoms with Crippen LogP contribution in [0.3, 0.4) is 0 Å². The van der Waals surface area contributed by atoms with E-state index in [1.807, 2.05) is 0 Å². The Bertz CT molecular complexity index is 604. The minimum absolute atomic E-state index is 0.209. The fourth-order valence-corrected chi connectivity index (χ4v) is 4.44. The van der Waals surface area contributed by atoms with Gasteiger partial charge in [-0.1, -0.05) is 48.5 Å². The maximum Gasteiger partial charge on any atom is 0.0929 e. The number of hydrogen-bond donors (Lipinski definition) is 0. The summed E-state index contributed by atoms with van der Waals surface area (Å²) < 4.78 is 5.82. The molecule has 2 atom stereocenters. The van der Waals surface area contributed by atoms with Crippen molar-refractivity contribution < 1.29 is 4.52 Å². The van der Waals surface area contributed by atoms with Crippen molar-refractivity contribution in [3.8, 4) is 0 Å². The molecule has 1 spiro atoms. The molecule has 4 rings (SSSR count). The molecule has 0 aromatic heterocycles. The first-order valence-corrected chi connectivity index (χ1v) is 7.30. The first-order valence-electron chi connectivity index (χ1n) is 6.82. The standard InChI is InChI=1S/C17H17OP/c19-18-16-15-8-4-3-7-14(15)11-17(16)9-12-5-1-2-6-13(12)10-17/h1-8,16H,9-11,19H2. The molecule has 0 saturated carbocycles. The average molecular weight is 268 g/mol. The van der Waals surface area contributed by atoms with Crippen LogP contribution in [0.25, 0.3) is 0 Å². The molecule has 1 nitrogen and oxygen atoms in total. The first kappa shape index (κ1) is 11.6. The normalized spacial score (nSPS) is 22.5. The van der Waals surface area contributed by atoms with Crippen LogP contribution in [0.1, 0.15) is 28.4 Å². The van der Waals surface area contributed by atoms with E-state index in [-0.39, 0.29) is 11.5 Å². The predicted octanol–water partition coefficient (Wildman–Crippen LogP) is 3.88. The molecule has 2 unspecified atom stereocenters. The summed E-state index contributed by atoms with van der Waals surface area (Å²) in [5, 5.41) is 0. The van der Waals surface area contributed by atoms with Crippen molar-refractivity contribution in [3.63, 3.8) is 0 Å². The Hall–Kier alpha value is -1.17. The van der Waals surface area contributed by atoms with Crippen LogP contribution in [-0.4, -0.2) is 0 Å². The van der Waals surface area contributed by atoms with E-state index in [4.69, 9.17) is 4.52 Å². The maximum absolute atomic E-state index is 5.82. The van der Waals surface area contributed by atoms with Gasteiger partial charge in [-0.05, 0) is 41.5 Å². The first-order chi connectivity index (χ1) is 9.32. The minimum Gasteiger partial charge on any atom is -0.357 e. The molecule has 0 bridgehead atoms. The Morgan fingerprint density at radius 3 is 2.00 bits per heavy atom. The van der Waals surface area contributed by atoms with Gasteiger partial charge in [-0.25, -0.2) is 0 Å². The second-order valence-electron chi connectivity index (χ2n) is 5.88. The van der Waals surface area contributed by atoms with E-state index >= 15 is 0 Å². The van der Waals surface area contributed by atoms with Crippen LogP contribution < -0.4 is 0 Å². The monoisotopic (exact) mass is 268 g/mol. The van der Waals surface area contributed by atoms with E-state index in [2.05, 4.69) is 58.0 Å². The maximum atomic E-state index is 5.82. The molecule has 2 aliphatic rings. The molecule has 2 aromatic rings. The molecule has 0 aliphatic heterocycles. The summed E-state index contributed by atoms with van der Waals surface area (Å²) in [6.45, 7) is 0. The zero-order valence-corrected chi connectivity index (χ0v) is 12.0. The minimum atomic E-state index is 0.209. The fraction of sp³-hybridized carbons (Fsp3) is 0.294. The molecule has 19 heavy (non-hydrogen) atoms. The molecular formula is C17H17OP. The van der Waals surface area contributed by atoms with Gasteiger partial charge in [-0.15, -0.1) is 0 Å². The molecule has 0 radical (unpaired) electrons. The Labute approximate surface area is 116 Å². The summed E-state index contributed by atoms with van der Waals surface area (Å²) >= 11 is 0. The van der Waals surface area contributed by atoms with Crippen LogP contribution in [0, 0.1) is 5.41 Å². The fourth-order valence-electron chi connectivity index (χ4n) is 4.00. The summed E-state index contributed by atoms with van der Waals surface area (Å²) in [6, 6.07) is 17.6. The van der Waals surface area contributed by atoms with Gasteiger partial charge < -0.3 is 4.52 Å². The summed E-state index contributed by atoms with van der Waals surface area (Å²) in [7, 11) is 2.49. The van der Waals surface area contributed by atoms with Crippen LogP contribution in [0.5, 0.6) is 0 Å². The molecule has 0 N–H and O–H groups in total. The van der Waals surface area contributed by atoms with Gasteiger partial charge in [0.2, 0.25) is 0 Å². The van der Waals surface area contributed by atoms with Gasteiger partial charge in [-0.3, -0.25) is 0 Å². The van der Waals surface area contributed by atoms with Gasteiger partial charge >= 0.3 is 0 Å². The van der Waals surface area contributed by atoms with Gasteiger partial charge in [0, 0.05) is 14.9 Å². The van der Waals surface area contributed by atoms with Gasteiger partial charge in [0.05, 0.1) is 6.10 Å². The van der Waals surface area contributed by atoms with Crippen molar-refractivity contribution in [1.82, 2.24) is 0 Å². The SMILES string of the molecule is POC1c2ccccc2CC12Cc1ccccc1C2. The lowest BCUT2D eigenvalue weighted by Gasteiger charge is -2.30. The highest BCUT2D eigenvalue weighted by atomic mass is 31.0. The van der Waals surface area contributed by atoms with Gasteiger partial charge in [0.1, 0.15) is 0 Å². The third-order valence-corrected chi connectivity index (χ3v) is 5.05. The van der Waals surface area contributed by atoms with E-state index in [9.17, 15) is 0 Å². The molecule has 2 aromatic carbocycles. The molecule has 0 heterocycles. The molecule has 2 heteroatoms. The second kappa shape index (κ2) is 4.16. The smallest absolute Gasteiger partial charge is 0.0929 e. The molecule has 0 fully saturated rings. The highest BCUT2D eigenvalue weighted by molar-refractivity contribution is 7.09. The van der Waals surface area contributed by atoms with Crippen LogP contribution >= 0.6 is 9.47 Å². The molecule has 96 valence electrons. The quantitative estimate of drug-likeness (QED) is 0.713. The Kier molecular flexibility index (Phi) is 2.55. The molecule has 0 amide bonds. The summed E-state index contributed by atoms with van der Waals surface area (Å²) in [5.41, 5.74) is 6.08. The molecule has 0 saturated heterocycles. The molecule has 2 aliphatic carbocycles. The van der Waals surface area contributed by atoms with Crippen molar-refractivity contribution in [2.45, 2.75) is 25.4 Å². The predicted molar refractivity (Wildman–Crippen MR) is 80.0 cm³/mol. The lowest BCUT2D eigenvalue weighted by atomic mass is 9.79. The van der Waals surface area contributed by atoms with Crippen molar-refractivity contribution in [2.24, 2.45) is 5.41 Å². The zero-order chi connectivity index (χ0) is 12.9. The van der Waals surface area contributed by atoms with E-state index in [0.29, 0.717) is 0 Å². The Morgan fingerprint density at radius 1 is 0.842 bits per heavy atom. The molecular weight excluding hydrogens is 251 g/mol.